The van der Waals surface area contributed by atoms with Gasteiger partial charge in [0.25, 0.3) is 5.91 Å². The third kappa shape index (κ3) is 3.37. The van der Waals surface area contributed by atoms with Gasteiger partial charge in [0.1, 0.15) is 17.4 Å². The summed E-state index contributed by atoms with van der Waals surface area (Å²) in [6.45, 7) is 2.39. The van der Waals surface area contributed by atoms with Crippen LogP contribution >= 0.6 is 0 Å². The first kappa shape index (κ1) is 15.0. The highest BCUT2D eigenvalue weighted by Crippen LogP contribution is 2.28. The van der Waals surface area contributed by atoms with E-state index in [1.54, 1.807) is 0 Å². The molecule has 21 heavy (non-hydrogen) atoms. The predicted octanol–water partition coefficient (Wildman–Crippen LogP) is 3.48. The lowest BCUT2D eigenvalue weighted by Gasteiger charge is -2.09. The fraction of sp³-hybridized carbons (Fsp3) is 0.188. The summed E-state index contributed by atoms with van der Waals surface area (Å²) in [5.41, 5.74) is 0.623. The highest BCUT2D eigenvalue weighted by molar-refractivity contribution is 5.98. The molecule has 0 saturated carbocycles. The molecular weight excluding hydrogens is 276 g/mol. The molecule has 110 valence electrons. The summed E-state index contributed by atoms with van der Waals surface area (Å²) >= 11 is 0. The Labute approximate surface area is 121 Å². The van der Waals surface area contributed by atoms with Gasteiger partial charge in [0.05, 0.1) is 5.56 Å². The lowest BCUT2D eigenvalue weighted by Crippen LogP contribution is -2.24. The number of aromatic hydroxyl groups is 1. The summed E-state index contributed by atoms with van der Waals surface area (Å²) in [5.74, 6) is -2.01. The molecule has 5 heteroatoms. The van der Waals surface area contributed by atoms with Crippen LogP contribution in [0.2, 0.25) is 0 Å². The van der Waals surface area contributed by atoms with Crippen molar-refractivity contribution in [3.05, 3.63) is 53.6 Å². The zero-order chi connectivity index (χ0) is 15.4. The molecule has 0 radical (unpaired) electrons. The van der Waals surface area contributed by atoms with Crippen LogP contribution in [0.3, 0.4) is 0 Å². The molecule has 0 unspecified atom stereocenters. The van der Waals surface area contributed by atoms with E-state index in [-0.39, 0.29) is 16.9 Å². The Hall–Kier alpha value is -2.43. The monoisotopic (exact) mass is 291 g/mol. The minimum Gasteiger partial charge on any atom is -0.507 e. The van der Waals surface area contributed by atoms with E-state index in [1.807, 2.05) is 6.92 Å². The number of phenols is 1. The van der Waals surface area contributed by atoms with Crippen molar-refractivity contribution in [3.63, 3.8) is 0 Å². The number of carbonyl (C=O) groups excluding carboxylic acids is 1. The van der Waals surface area contributed by atoms with Gasteiger partial charge in [-0.2, -0.15) is 0 Å². The standard InChI is InChI=1S/C16H15F2NO2/c1-2-7-19-16(21)13-8-10(3-6-15(13)20)12-5-4-11(17)9-14(12)18/h3-6,8-9,20H,2,7H2,1H3,(H,19,21). The van der Waals surface area contributed by atoms with Crippen molar-refractivity contribution in [2.75, 3.05) is 6.54 Å². The number of phenolic OH excluding ortho intramolecular Hbond substituents is 1. The molecule has 1 amide bonds. The largest absolute Gasteiger partial charge is 0.507 e. The van der Waals surface area contributed by atoms with Crippen molar-refractivity contribution < 1.29 is 18.7 Å². The smallest absolute Gasteiger partial charge is 0.255 e. The topological polar surface area (TPSA) is 49.3 Å². The van der Waals surface area contributed by atoms with Crippen LogP contribution in [0.1, 0.15) is 23.7 Å². The van der Waals surface area contributed by atoms with Crippen LogP contribution in [0.5, 0.6) is 5.75 Å². The molecule has 0 fully saturated rings. The molecule has 3 nitrogen and oxygen atoms in total. The molecule has 0 aliphatic rings. The van der Waals surface area contributed by atoms with Crippen LogP contribution in [0.25, 0.3) is 11.1 Å². The molecule has 0 bridgehead atoms. The third-order valence-electron chi connectivity index (χ3n) is 3.02. The second kappa shape index (κ2) is 6.35. The summed E-state index contributed by atoms with van der Waals surface area (Å²) < 4.78 is 26.7. The quantitative estimate of drug-likeness (QED) is 0.906. The van der Waals surface area contributed by atoms with Gasteiger partial charge in [-0.05, 0) is 36.2 Å². The van der Waals surface area contributed by atoms with Crippen molar-refractivity contribution in [2.45, 2.75) is 13.3 Å². The first-order valence-corrected chi connectivity index (χ1v) is 6.59. The molecule has 0 aliphatic carbocycles. The van der Waals surface area contributed by atoms with Crippen molar-refractivity contribution in [1.29, 1.82) is 0 Å². The van der Waals surface area contributed by atoms with Gasteiger partial charge in [0.2, 0.25) is 0 Å². The number of nitrogens with one attached hydrogen (secondary N) is 1. The maximum atomic E-state index is 13.8. The summed E-state index contributed by atoms with van der Waals surface area (Å²) in [5, 5.41) is 12.4. The van der Waals surface area contributed by atoms with Gasteiger partial charge in [-0.3, -0.25) is 4.79 Å². The molecule has 0 saturated heterocycles. The van der Waals surface area contributed by atoms with Crippen molar-refractivity contribution >= 4 is 5.91 Å². The molecule has 2 aromatic rings. The lowest BCUT2D eigenvalue weighted by molar-refractivity contribution is 0.0951. The Morgan fingerprint density at radius 2 is 1.95 bits per heavy atom. The maximum absolute atomic E-state index is 13.8. The van der Waals surface area contributed by atoms with Gasteiger partial charge in [-0.25, -0.2) is 8.78 Å². The van der Waals surface area contributed by atoms with E-state index < -0.39 is 17.5 Å². The van der Waals surface area contributed by atoms with Crippen molar-refractivity contribution in [3.8, 4) is 16.9 Å². The van der Waals surface area contributed by atoms with Gasteiger partial charge < -0.3 is 10.4 Å². The van der Waals surface area contributed by atoms with Crippen LogP contribution in [0, 0.1) is 11.6 Å². The molecule has 2 aromatic carbocycles. The fourth-order valence-electron chi connectivity index (χ4n) is 1.94. The van der Waals surface area contributed by atoms with Gasteiger partial charge in [-0.1, -0.05) is 13.0 Å². The summed E-state index contributed by atoms with van der Waals surface area (Å²) in [6.07, 6.45) is 0.763. The Morgan fingerprint density at radius 1 is 1.19 bits per heavy atom. The van der Waals surface area contributed by atoms with E-state index in [4.69, 9.17) is 0 Å². The van der Waals surface area contributed by atoms with Gasteiger partial charge in [0.15, 0.2) is 0 Å². The van der Waals surface area contributed by atoms with Gasteiger partial charge in [-0.15, -0.1) is 0 Å². The average molecular weight is 291 g/mol. The molecule has 0 heterocycles. The first-order valence-electron chi connectivity index (χ1n) is 6.59. The Morgan fingerprint density at radius 3 is 2.62 bits per heavy atom. The van der Waals surface area contributed by atoms with Crippen LogP contribution < -0.4 is 5.32 Å². The highest BCUT2D eigenvalue weighted by Gasteiger charge is 2.14. The minimum absolute atomic E-state index is 0.0599. The van der Waals surface area contributed by atoms with Crippen molar-refractivity contribution in [1.82, 2.24) is 5.32 Å². The number of hydrogen-bond donors (Lipinski definition) is 2. The van der Waals surface area contributed by atoms with Crippen LogP contribution in [0.4, 0.5) is 8.78 Å². The lowest BCUT2D eigenvalue weighted by atomic mass is 10.0. The Kier molecular flexibility index (Phi) is 4.52. The zero-order valence-electron chi connectivity index (χ0n) is 11.5. The summed E-state index contributed by atoms with van der Waals surface area (Å²) in [7, 11) is 0. The molecular formula is C16H15F2NO2. The Balaban J connectivity index is 2.40. The number of halogens is 2. The predicted molar refractivity (Wildman–Crippen MR) is 76.1 cm³/mol. The molecule has 0 aromatic heterocycles. The number of hydrogen-bond acceptors (Lipinski definition) is 2. The number of carbonyl (C=O) groups is 1. The molecule has 2 rings (SSSR count). The van der Waals surface area contributed by atoms with Crippen LogP contribution in [-0.2, 0) is 0 Å². The van der Waals surface area contributed by atoms with Gasteiger partial charge in [0, 0.05) is 18.2 Å². The molecule has 0 spiro atoms. The number of benzene rings is 2. The number of rotatable bonds is 4. The van der Waals surface area contributed by atoms with E-state index in [0.29, 0.717) is 12.1 Å². The van der Waals surface area contributed by atoms with Crippen LogP contribution in [0.15, 0.2) is 36.4 Å². The first-order chi connectivity index (χ1) is 10.0. The van der Waals surface area contributed by atoms with Crippen LogP contribution in [-0.4, -0.2) is 17.6 Å². The molecule has 0 aliphatic heterocycles. The summed E-state index contributed by atoms with van der Waals surface area (Å²) in [6, 6.07) is 7.39. The van der Waals surface area contributed by atoms with Crippen molar-refractivity contribution in [2.24, 2.45) is 0 Å². The second-order valence-corrected chi connectivity index (χ2v) is 4.61. The zero-order valence-corrected chi connectivity index (χ0v) is 11.5. The SMILES string of the molecule is CCCNC(=O)c1cc(-c2ccc(F)cc2F)ccc1O. The molecule has 2 N–H and O–H groups in total. The molecule has 0 atom stereocenters. The normalized spacial score (nSPS) is 10.4. The van der Waals surface area contributed by atoms with E-state index in [0.717, 1.165) is 18.6 Å². The fourth-order valence-corrected chi connectivity index (χ4v) is 1.94. The van der Waals surface area contributed by atoms with E-state index in [1.165, 1.54) is 24.3 Å². The van der Waals surface area contributed by atoms with E-state index in [2.05, 4.69) is 5.32 Å². The van der Waals surface area contributed by atoms with E-state index in [9.17, 15) is 18.7 Å². The van der Waals surface area contributed by atoms with Gasteiger partial charge >= 0.3 is 0 Å². The minimum atomic E-state index is -0.722. The second-order valence-electron chi connectivity index (χ2n) is 4.61. The third-order valence-corrected chi connectivity index (χ3v) is 3.02. The average Bonchev–Trinajstić information content (AvgIpc) is 2.45. The van der Waals surface area contributed by atoms with E-state index >= 15 is 0 Å². The summed E-state index contributed by atoms with van der Waals surface area (Å²) in [4.78, 5) is 11.9. The number of amides is 1. The maximum Gasteiger partial charge on any atom is 0.255 e. The Bertz CT molecular complexity index is 671. The highest BCUT2D eigenvalue weighted by atomic mass is 19.1.